The number of hydrogen-bond acceptors (Lipinski definition) is 3. The fraction of sp³-hybridized carbons (Fsp3) is 0.278. The molecule has 0 aliphatic carbocycles. The molecular weight excluding hydrogens is 423 g/mol. The number of amides is 1. The summed E-state index contributed by atoms with van der Waals surface area (Å²) < 4.78 is 41.5. The van der Waals surface area contributed by atoms with Crippen LogP contribution in [0.3, 0.4) is 0 Å². The second kappa shape index (κ2) is 7.46. The van der Waals surface area contributed by atoms with Crippen molar-refractivity contribution in [2.45, 2.75) is 24.7 Å². The Kier molecular flexibility index (Phi) is 5.45. The summed E-state index contributed by atoms with van der Waals surface area (Å²) in [6.07, 6.45) is 1.67. The number of sulfonamides is 1. The minimum atomic E-state index is -3.64. The van der Waals surface area contributed by atoms with Gasteiger partial charge in [0.25, 0.3) is 5.91 Å². The fourth-order valence-electron chi connectivity index (χ4n) is 2.87. The lowest BCUT2D eigenvalue weighted by Crippen LogP contribution is -2.28. The number of benzene rings is 2. The van der Waals surface area contributed by atoms with E-state index in [4.69, 9.17) is 0 Å². The molecule has 138 valence electrons. The van der Waals surface area contributed by atoms with Crippen LogP contribution in [-0.4, -0.2) is 31.7 Å². The number of nitrogens with one attached hydrogen (secondary N) is 1. The molecule has 0 radical (unpaired) electrons. The molecule has 0 spiro atoms. The third-order valence-corrected chi connectivity index (χ3v) is 6.85. The van der Waals surface area contributed by atoms with E-state index in [0.29, 0.717) is 23.1 Å². The van der Waals surface area contributed by atoms with E-state index in [1.54, 1.807) is 19.1 Å². The van der Waals surface area contributed by atoms with E-state index in [9.17, 15) is 17.6 Å². The first-order chi connectivity index (χ1) is 12.3. The highest BCUT2D eigenvalue weighted by Crippen LogP contribution is 2.25. The second-order valence-corrected chi connectivity index (χ2v) is 8.99. The number of anilines is 1. The maximum Gasteiger partial charge on any atom is 0.255 e. The molecule has 1 saturated heterocycles. The number of carbonyl (C=O) groups is 1. The van der Waals surface area contributed by atoms with Gasteiger partial charge in [0.15, 0.2) is 0 Å². The van der Waals surface area contributed by atoms with Crippen molar-refractivity contribution in [1.29, 1.82) is 0 Å². The Labute approximate surface area is 160 Å². The highest BCUT2D eigenvalue weighted by Gasteiger charge is 2.29. The maximum absolute atomic E-state index is 13.9. The van der Waals surface area contributed by atoms with E-state index in [1.165, 1.54) is 28.6 Å². The molecule has 3 rings (SSSR count). The number of halogens is 2. The van der Waals surface area contributed by atoms with Gasteiger partial charge in [0.05, 0.1) is 10.6 Å². The van der Waals surface area contributed by atoms with Gasteiger partial charge in [-0.05, 0) is 55.7 Å². The Balaban J connectivity index is 1.90. The quantitative estimate of drug-likeness (QED) is 0.782. The lowest BCUT2D eigenvalue weighted by Gasteiger charge is -2.18. The maximum atomic E-state index is 13.9. The fourth-order valence-corrected chi connectivity index (χ4v) is 4.97. The van der Waals surface area contributed by atoms with Gasteiger partial charge < -0.3 is 5.32 Å². The van der Waals surface area contributed by atoms with Crippen molar-refractivity contribution < 1.29 is 17.6 Å². The molecule has 0 unspecified atom stereocenters. The van der Waals surface area contributed by atoms with Gasteiger partial charge in [-0.1, -0.05) is 22.0 Å². The SMILES string of the molecule is Cc1ccc(C(=O)Nc2ccc(Br)cc2F)cc1S(=O)(=O)N1CCCC1. The zero-order valence-corrected chi connectivity index (χ0v) is 16.5. The average Bonchev–Trinajstić information content (AvgIpc) is 3.13. The summed E-state index contributed by atoms with van der Waals surface area (Å²) in [6.45, 7) is 2.67. The van der Waals surface area contributed by atoms with Crippen LogP contribution in [0.4, 0.5) is 10.1 Å². The predicted octanol–water partition coefficient (Wildman–Crippen LogP) is 3.93. The molecule has 1 fully saturated rings. The molecule has 2 aromatic rings. The molecule has 1 heterocycles. The van der Waals surface area contributed by atoms with Crippen LogP contribution in [0.15, 0.2) is 45.8 Å². The predicted molar refractivity (Wildman–Crippen MR) is 101 cm³/mol. The van der Waals surface area contributed by atoms with E-state index >= 15 is 0 Å². The van der Waals surface area contributed by atoms with Gasteiger partial charge in [-0.25, -0.2) is 12.8 Å². The van der Waals surface area contributed by atoms with Crippen molar-refractivity contribution in [3.8, 4) is 0 Å². The van der Waals surface area contributed by atoms with E-state index in [1.807, 2.05) is 0 Å². The van der Waals surface area contributed by atoms with Crippen LogP contribution in [-0.2, 0) is 10.0 Å². The molecule has 1 N–H and O–H groups in total. The summed E-state index contributed by atoms with van der Waals surface area (Å²) in [7, 11) is -3.64. The number of carbonyl (C=O) groups excluding carboxylic acids is 1. The van der Waals surface area contributed by atoms with Crippen molar-refractivity contribution in [3.05, 3.63) is 57.8 Å². The molecule has 5 nitrogen and oxygen atoms in total. The number of rotatable bonds is 4. The van der Waals surface area contributed by atoms with Crippen LogP contribution >= 0.6 is 15.9 Å². The first kappa shape index (κ1) is 19.0. The van der Waals surface area contributed by atoms with E-state index < -0.39 is 21.7 Å². The second-order valence-electron chi connectivity index (χ2n) is 6.17. The zero-order chi connectivity index (χ0) is 18.9. The summed E-state index contributed by atoms with van der Waals surface area (Å²) in [6, 6.07) is 8.77. The lowest BCUT2D eigenvalue weighted by molar-refractivity contribution is 0.102. The van der Waals surface area contributed by atoms with Crippen molar-refractivity contribution in [2.24, 2.45) is 0 Å². The molecule has 1 aliphatic heterocycles. The molecule has 2 aromatic carbocycles. The van der Waals surface area contributed by atoms with E-state index in [-0.39, 0.29) is 16.1 Å². The van der Waals surface area contributed by atoms with Crippen molar-refractivity contribution in [1.82, 2.24) is 4.31 Å². The van der Waals surface area contributed by atoms with Gasteiger partial charge >= 0.3 is 0 Å². The Morgan fingerprint density at radius 3 is 2.50 bits per heavy atom. The van der Waals surface area contributed by atoms with Crippen molar-refractivity contribution in [3.63, 3.8) is 0 Å². The monoisotopic (exact) mass is 440 g/mol. The molecule has 1 amide bonds. The number of aryl methyl sites for hydroxylation is 1. The largest absolute Gasteiger partial charge is 0.319 e. The summed E-state index contributed by atoms with van der Waals surface area (Å²) in [5.41, 5.74) is 0.765. The van der Waals surface area contributed by atoms with Gasteiger partial charge in [0.2, 0.25) is 10.0 Å². The number of hydrogen-bond donors (Lipinski definition) is 1. The number of nitrogens with zero attached hydrogens (tertiary/aromatic N) is 1. The lowest BCUT2D eigenvalue weighted by atomic mass is 10.1. The van der Waals surface area contributed by atoms with Gasteiger partial charge in [-0.15, -0.1) is 0 Å². The van der Waals surface area contributed by atoms with Gasteiger partial charge in [0.1, 0.15) is 5.82 Å². The van der Waals surface area contributed by atoms with Crippen LogP contribution in [0.2, 0.25) is 0 Å². The Morgan fingerprint density at radius 2 is 1.85 bits per heavy atom. The minimum absolute atomic E-state index is 0.0303. The first-order valence-corrected chi connectivity index (χ1v) is 10.4. The standard InChI is InChI=1S/C18H18BrFN2O3S/c1-12-4-5-13(10-17(12)26(24,25)22-8-2-3-9-22)18(23)21-16-7-6-14(19)11-15(16)20/h4-7,10-11H,2-3,8-9H2,1H3,(H,21,23). The topological polar surface area (TPSA) is 66.5 Å². The Hall–Kier alpha value is -1.77. The van der Waals surface area contributed by atoms with Crippen molar-refractivity contribution in [2.75, 3.05) is 18.4 Å². The highest BCUT2D eigenvalue weighted by molar-refractivity contribution is 9.10. The van der Waals surface area contributed by atoms with Crippen LogP contribution in [0.1, 0.15) is 28.8 Å². The van der Waals surface area contributed by atoms with Crippen LogP contribution < -0.4 is 5.32 Å². The summed E-state index contributed by atoms with van der Waals surface area (Å²) in [4.78, 5) is 12.6. The molecule has 1 aliphatic rings. The van der Waals surface area contributed by atoms with Crippen LogP contribution in [0.5, 0.6) is 0 Å². The summed E-state index contributed by atoms with van der Waals surface area (Å²) >= 11 is 3.15. The van der Waals surface area contributed by atoms with E-state index in [0.717, 1.165) is 12.8 Å². The van der Waals surface area contributed by atoms with Gasteiger partial charge in [-0.3, -0.25) is 4.79 Å². The normalized spacial score (nSPS) is 15.2. The molecule has 0 saturated carbocycles. The van der Waals surface area contributed by atoms with E-state index in [2.05, 4.69) is 21.2 Å². The molecule has 0 aromatic heterocycles. The Morgan fingerprint density at radius 1 is 1.15 bits per heavy atom. The van der Waals surface area contributed by atoms with Crippen molar-refractivity contribution >= 4 is 37.5 Å². The third kappa shape index (κ3) is 3.82. The minimum Gasteiger partial charge on any atom is -0.319 e. The summed E-state index contributed by atoms with van der Waals surface area (Å²) in [5.74, 6) is -1.14. The van der Waals surface area contributed by atoms with Gasteiger partial charge in [0, 0.05) is 23.1 Å². The first-order valence-electron chi connectivity index (χ1n) is 8.16. The molecule has 0 atom stereocenters. The zero-order valence-electron chi connectivity index (χ0n) is 14.1. The highest BCUT2D eigenvalue weighted by atomic mass is 79.9. The third-order valence-electron chi connectivity index (χ3n) is 4.31. The Bertz CT molecular complexity index is 957. The van der Waals surface area contributed by atoms with Crippen LogP contribution in [0.25, 0.3) is 0 Å². The summed E-state index contributed by atoms with van der Waals surface area (Å²) in [5, 5.41) is 2.48. The van der Waals surface area contributed by atoms with Gasteiger partial charge in [-0.2, -0.15) is 4.31 Å². The smallest absolute Gasteiger partial charge is 0.255 e. The molecular formula is C18H18BrFN2O3S. The molecule has 8 heteroatoms. The molecule has 26 heavy (non-hydrogen) atoms. The average molecular weight is 441 g/mol. The van der Waals surface area contributed by atoms with Crippen LogP contribution in [0, 0.1) is 12.7 Å². The molecule has 0 bridgehead atoms.